The number of nitrogens with one attached hydrogen (secondary N) is 3. The van der Waals surface area contributed by atoms with E-state index >= 15 is 0 Å². The molecule has 0 fully saturated rings. The van der Waals surface area contributed by atoms with E-state index in [4.69, 9.17) is 0 Å². The average Bonchev–Trinajstić information content (AvgIpc) is 2.77. The summed E-state index contributed by atoms with van der Waals surface area (Å²) in [6, 6.07) is 7.31. The Morgan fingerprint density at radius 2 is 1.67 bits per heavy atom. The number of amides is 2. The van der Waals surface area contributed by atoms with Crippen LogP contribution in [0.3, 0.4) is 0 Å². The predicted octanol–water partition coefficient (Wildman–Crippen LogP) is -1.14. The standard InChI is InChI=1S/C23H39N5O7S/c1-16(24-20(30)15-27(4)5)21(31)25-18(13-17-11-9-8-10-12-17)19(29)14-28(6)36(33,34)26-23(2,3)22(32)35-7/h8-12,16,18-19,26,29H,13-15H2,1-7H3,(H,24,30)(H,25,31)/t16?,18-,19+/m0/s1. The largest absolute Gasteiger partial charge is 0.468 e. The van der Waals surface area contributed by atoms with Crippen molar-refractivity contribution in [1.29, 1.82) is 0 Å². The molecule has 0 aliphatic carbocycles. The smallest absolute Gasteiger partial charge is 0.326 e. The molecule has 0 spiro atoms. The molecule has 13 heteroatoms. The van der Waals surface area contributed by atoms with Gasteiger partial charge in [0.1, 0.15) is 11.6 Å². The number of nitrogens with zero attached hydrogens (tertiary/aromatic N) is 2. The first-order valence-electron chi connectivity index (χ1n) is 11.4. The van der Waals surface area contributed by atoms with E-state index in [1.807, 2.05) is 18.2 Å². The number of esters is 1. The Kier molecular flexibility index (Phi) is 11.9. The molecule has 0 saturated heterocycles. The minimum absolute atomic E-state index is 0.102. The van der Waals surface area contributed by atoms with E-state index < -0.39 is 45.8 Å². The van der Waals surface area contributed by atoms with Crippen LogP contribution in [0.4, 0.5) is 0 Å². The van der Waals surface area contributed by atoms with Gasteiger partial charge < -0.3 is 25.4 Å². The van der Waals surface area contributed by atoms with Crippen LogP contribution in [-0.2, 0) is 35.8 Å². The summed E-state index contributed by atoms with van der Waals surface area (Å²) >= 11 is 0. The zero-order valence-electron chi connectivity index (χ0n) is 21.9. The minimum Gasteiger partial charge on any atom is -0.468 e. The molecule has 1 aromatic carbocycles. The van der Waals surface area contributed by atoms with E-state index in [9.17, 15) is 27.9 Å². The van der Waals surface area contributed by atoms with Gasteiger partial charge in [-0.1, -0.05) is 30.3 Å². The van der Waals surface area contributed by atoms with E-state index in [0.717, 1.165) is 17.0 Å². The number of hydrogen-bond donors (Lipinski definition) is 4. The molecule has 0 aromatic heterocycles. The summed E-state index contributed by atoms with van der Waals surface area (Å²) in [4.78, 5) is 38.4. The van der Waals surface area contributed by atoms with E-state index in [1.165, 1.54) is 27.8 Å². The van der Waals surface area contributed by atoms with Crippen molar-refractivity contribution in [2.75, 3.05) is 41.3 Å². The van der Waals surface area contributed by atoms with Crippen LogP contribution in [0.1, 0.15) is 26.3 Å². The highest BCUT2D eigenvalue weighted by Crippen LogP contribution is 2.12. The van der Waals surface area contributed by atoms with Crippen LogP contribution in [0.5, 0.6) is 0 Å². The molecule has 0 heterocycles. The molecule has 0 bridgehead atoms. The molecule has 12 nitrogen and oxygen atoms in total. The van der Waals surface area contributed by atoms with Gasteiger partial charge in [-0.05, 0) is 46.9 Å². The third kappa shape index (κ3) is 10.2. The second kappa shape index (κ2) is 13.7. The zero-order valence-corrected chi connectivity index (χ0v) is 22.8. The Hall–Kier alpha value is -2.58. The normalized spacial score (nSPS) is 14.7. The Labute approximate surface area is 213 Å². The number of aliphatic hydroxyl groups excluding tert-OH is 1. The highest BCUT2D eigenvalue weighted by atomic mass is 32.2. The van der Waals surface area contributed by atoms with Crippen molar-refractivity contribution in [2.45, 2.75) is 50.9 Å². The maximum atomic E-state index is 12.8. The summed E-state index contributed by atoms with van der Waals surface area (Å²) in [5, 5.41) is 16.3. The van der Waals surface area contributed by atoms with Crippen LogP contribution in [0.15, 0.2) is 30.3 Å². The molecular weight excluding hydrogens is 490 g/mol. The van der Waals surface area contributed by atoms with E-state index in [-0.39, 0.29) is 25.4 Å². The number of ether oxygens (including phenoxy) is 1. The summed E-state index contributed by atoms with van der Waals surface area (Å²) in [6.45, 7) is 3.94. The summed E-state index contributed by atoms with van der Waals surface area (Å²) < 4.78 is 33.3. The summed E-state index contributed by atoms with van der Waals surface area (Å²) in [7, 11) is 1.64. The number of rotatable bonds is 14. The number of benzene rings is 1. The third-order valence-corrected chi connectivity index (χ3v) is 6.99. The lowest BCUT2D eigenvalue weighted by Gasteiger charge is -2.31. The molecule has 1 aromatic rings. The minimum atomic E-state index is -4.20. The monoisotopic (exact) mass is 529 g/mol. The molecular formula is C23H39N5O7S. The van der Waals surface area contributed by atoms with Crippen LogP contribution in [0, 0.1) is 0 Å². The van der Waals surface area contributed by atoms with Gasteiger partial charge in [0.05, 0.1) is 25.8 Å². The first kappa shape index (κ1) is 31.4. The topological polar surface area (TPSA) is 157 Å². The molecule has 1 unspecified atom stereocenters. The number of methoxy groups -OCH3 is 1. The van der Waals surface area contributed by atoms with Gasteiger partial charge in [0.25, 0.3) is 10.2 Å². The van der Waals surface area contributed by atoms with Gasteiger partial charge in [0.2, 0.25) is 11.8 Å². The number of likely N-dealkylation sites (N-methyl/N-ethyl adjacent to an activating group) is 2. The second-order valence-corrected chi connectivity index (χ2v) is 11.2. The highest BCUT2D eigenvalue weighted by Gasteiger charge is 2.36. The van der Waals surface area contributed by atoms with Crippen LogP contribution in [-0.4, -0.2) is 106 Å². The van der Waals surface area contributed by atoms with Gasteiger partial charge in [-0.15, -0.1) is 0 Å². The summed E-state index contributed by atoms with van der Waals surface area (Å²) in [5.41, 5.74) is -0.730. The van der Waals surface area contributed by atoms with Gasteiger partial charge in [-0.3, -0.25) is 14.4 Å². The van der Waals surface area contributed by atoms with Crippen molar-refractivity contribution in [3.63, 3.8) is 0 Å². The van der Waals surface area contributed by atoms with Crippen molar-refractivity contribution in [3.8, 4) is 0 Å². The second-order valence-electron chi connectivity index (χ2n) is 9.40. The molecule has 0 radical (unpaired) electrons. The number of carbonyl (C=O) groups is 3. The lowest BCUT2D eigenvalue weighted by molar-refractivity contribution is -0.146. The lowest BCUT2D eigenvalue weighted by Crippen LogP contribution is -2.57. The zero-order chi connectivity index (χ0) is 27.7. The van der Waals surface area contributed by atoms with Crippen LogP contribution in [0.2, 0.25) is 0 Å². The Morgan fingerprint density at radius 1 is 1.08 bits per heavy atom. The van der Waals surface area contributed by atoms with Crippen molar-refractivity contribution in [3.05, 3.63) is 35.9 Å². The van der Waals surface area contributed by atoms with Crippen molar-refractivity contribution in [1.82, 2.24) is 24.6 Å². The Bertz CT molecular complexity index is 986. The number of carbonyl (C=O) groups excluding carboxylic acids is 3. The van der Waals surface area contributed by atoms with E-state index in [0.29, 0.717) is 0 Å². The molecule has 204 valence electrons. The quantitative estimate of drug-likeness (QED) is 0.220. The molecule has 4 N–H and O–H groups in total. The fourth-order valence-electron chi connectivity index (χ4n) is 3.28. The number of aliphatic hydroxyl groups is 1. The third-order valence-electron chi connectivity index (χ3n) is 5.26. The Balaban J connectivity index is 3.00. The molecule has 0 saturated carbocycles. The van der Waals surface area contributed by atoms with Gasteiger partial charge in [-0.25, -0.2) is 0 Å². The molecule has 3 atom stereocenters. The maximum Gasteiger partial charge on any atom is 0.326 e. The molecule has 0 aliphatic rings. The maximum absolute atomic E-state index is 12.8. The first-order valence-corrected chi connectivity index (χ1v) is 12.8. The highest BCUT2D eigenvalue weighted by molar-refractivity contribution is 7.87. The fraction of sp³-hybridized carbons (Fsp3) is 0.609. The first-order chi connectivity index (χ1) is 16.6. The molecule has 1 rings (SSSR count). The molecule has 0 aliphatic heterocycles. The van der Waals surface area contributed by atoms with Gasteiger partial charge in [0, 0.05) is 13.6 Å². The van der Waals surface area contributed by atoms with Crippen molar-refractivity contribution in [2.24, 2.45) is 0 Å². The van der Waals surface area contributed by atoms with E-state index in [2.05, 4.69) is 20.1 Å². The summed E-state index contributed by atoms with van der Waals surface area (Å²) in [5.74, 6) is -1.65. The average molecular weight is 530 g/mol. The molecule has 2 amide bonds. The van der Waals surface area contributed by atoms with Gasteiger partial charge in [0.15, 0.2) is 0 Å². The summed E-state index contributed by atoms with van der Waals surface area (Å²) in [6.07, 6.45) is -1.11. The van der Waals surface area contributed by atoms with Crippen LogP contribution < -0.4 is 15.4 Å². The molecule has 36 heavy (non-hydrogen) atoms. The van der Waals surface area contributed by atoms with E-state index in [1.54, 1.807) is 31.1 Å². The van der Waals surface area contributed by atoms with Crippen LogP contribution in [0.25, 0.3) is 0 Å². The Morgan fingerprint density at radius 3 is 2.19 bits per heavy atom. The van der Waals surface area contributed by atoms with Gasteiger partial charge in [-0.2, -0.15) is 17.4 Å². The number of hydrogen-bond acceptors (Lipinski definition) is 8. The predicted molar refractivity (Wildman–Crippen MR) is 135 cm³/mol. The van der Waals surface area contributed by atoms with Crippen LogP contribution >= 0.6 is 0 Å². The fourth-order valence-corrected chi connectivity index (χ4v) is 4.52. The van der Waals surface area contributed by atoms with Crippen molar-refractivity contribution < 1.29 is 32.6 Å². The van der Waals surface area contributed by atoms with Crippen molar-refractivity contribution >= 4 is 28.0 Å². The lowest BCUT2D eigenvalue weighted by atomic mass is 10.0. The SMILES string of the molecule is COC(=O)C(C)(C)NS(=O)(=O)N(C)C[C@@H](O)[C@H](Cc1ccccc1)NC(=O)C(C)NC(=O)CN(C)C. The van der Waals surface area contributed by atoms with Gasteiger partial charge >= 0.3 is 5.97 Å².